The van der Waals surface area contributed by atoms with Gasteiger partial charge in [-0.25, -0.2) is 19.3 Å². The van der Waals surface area contributed by atoms with Crippen LogP contribution in [0.2, 0.25) is 0 Å². The Bertz CT molecular complexity index is 1400. The van der Waals surface area contributed by atoms with E-state index in [4.69, 9.17) is 4.74 Å². The molecule has 11 nitrogen and oxygen atoms in total. The number of benzene rings is 1. The molecule has 4 heterocycles. The SMILES string of the molecule is Cc1cc(NCc2ccc(C(=O)NNc3ncc(F)c(N4CCOCC4)n3)nc2)ccc1-c1ccncn1. The molecule has 0 bridgehead atoms. The van der Waals surface area contributed by atoms with E-state index in [1.54, 1.807) is 23.4 Å². The maximum absolute atomic E-state index is 14.2. The van der Waals surface area contributed by atoms with Crippen LogP contribution in [0.4, 0.5) is 21.8 Å². The minimum atomic E-state index is -0.536. The summed E-state index contributed by atoms with van der Waals surface area (Å²) in [6.07, 6.45) is 5.96. The number of nitrogens with one attached hydrogen (secondary N) is 3. The van der Waals surface area contributed by atoms with Gasteiger partial charge in [0, 0.05) is 43.3 Å². The summed E-state index contributed by atoms with van der Waals surface area (Å²) in [5.74, 6) is -0.773. The molecular formula is C26H26FN9O2. The molecule has 0 radical (unpaired) electrons. The molecule has 38 heavy (non-hydrogen) atoms. The van der Waals surface area contributed by atoms with Gasteiger partial charge >= 0.3 is 0 Å². The van der Waals surface area contributed by atoms with Crippen molar-refractivity contribution in [3.63, 3.8) is 0 Å². The first-order chi connectivity index (χ1) is 18.6. The number of ether oxygens (including phenoxy) is 1. The van der Waals surface area contributed by atoms with Crippen LogP contribution >= 0.6 is 0 Å². The number of carbonyl (C=O) groups is 1. The molecule has 0 saturated carbocycles. The van der Waals surface area contributed by atoms with E-state index in [1.165, 1.54) is 6.33 Å². The molecule has 1 aromatic carbocycles. The maximum Gasteiger partial charge on any atom is 0.288 e. The first-order valence-corrected chi connectivity index (χ1v) is 12.0. The molecule has 1 aliphatic rings. The Balaban J connectivity index is 1.15. The zero-order chi connectivity index (χ0) is 26.3. The van der Waals surface area contributed by atoms with Crippen molar-refractivity contribution in [3.8, 4) is 11.3 Å². The molecule has 194 valence electrons. The van der Waals surface area contributed by atoms with Gasteiger partial charge in [-0.2, -0.15) is 4.98 Å². The largest absolute Gasteiger partial charge is 0.381 e. The lowest BCUT2D eigenvalue weighted by Gasteiger charge is -2.28. The third kappa shape index (κ3) is 5.98. The van der Waals surface area contributed by atoms with Gasteiger partial charge in [-0.3, -0.25) is 20.6 Å². The molecule has 0 atom stereocenters. The van der Waals surface area contributed by atoms with Crippen molar-refractivity contribution in [3.05, 3.63) is 84.0 Å². The average Bonchev–Trinajstić information content (AvgIpc) is 2.96. The number of anilines is 3. The summed E-state index contributed by atoms with van der Waals surface area (Å²) >= 11 is 0. The number of hydrazine groups is 1. The number of morpholine rings is 1. The number of carbonyl (C=O) groups excluding carboxylic acids is 1. The minimum absolute atomic E-state index is 0.0723. The number of pyridine rings is 1. The van der Waals surface area contributed by atoms with Crippen LogP contribution in [0.1, 0.15) is 21.6 Å². The Morgan fingerprint density at radius 2 is 1.95 bits per heavy atom. The van der Waals surface area contributed by atoms with E-state index in [2.05, 4.69) is 47.2 Å². The number of amides is 1. The molecule has 12 heteroatoms. The van der Waals surface area contributed by atoms with Crippen LogP contribution in [0.15, 0.2) is 61.3 Å². The van der Waals surface area contributed by atoms with Gasteiger partial charge in [-0.1, -0.05) is 12.1 Å². The molecule has 1 fully saturated rings. The van der Waals surface area contributed by atoms with Gasteiger partial charge in [0.2, 0.25) is 5.95 Å². The Kier molecular flexibility index (Phi) is 7.59. The summed E-state index contributed by atoms with van der Waals surface area (Å²) in [6.45, 7) is 4.61. The Morgan fingerprint density at radius 3 is 2.68 bits per heavy atom. The van der Waals surface area contributed by atoms with Crippen LogP contribution in [0.5, 0.6) is 0 Å². The summed E-state index contributed by atoms with van der Waals surface area (Å²) in [4.78, 5) is 34.9. The standard InChI is InChI=1S/C26H26FN9O2/c1-17-12-19(3-4-20(17)22-6-7-28-16-32-22)29-13-18-2-5-23(30-14-18)25(37)34-35-26-31-15-21(27)24(33-26)36-8-10-38-11-9-36/h2-7,12,14-16,29H,8-11,13H2,1H3,(H,34,37)(H,31,33,35). The number of rotatable bonds is 8. The van der Waals surface area contributed by atoms with Gasteiger partial charge in [0.25, 0.3) is 5.91 Å². The van der Waals surface area contributed by atoms with Crippen LogP contribution in [0.25, 0.3) is 11.3 Å². The second-order valence-corrected chi connectivity index (χ2v) is 8.57. The Labute approximate surface area is 218 Å². The first kappa shape index (κ1) is 25.0. The van der Waals surface area contributed by atoms with E-state index in [0.717, 1.165) is 34.3 Å². The third-order valence-electron chi connectivity index (χ3n) is 5.96. The van der Waals surface area contributed by atoms with E-state index >= 15 is 0 Å². The zero-order valence-electron chi connectivity index (χ0n) is 20.7. The molecule has 0 unspecified atom stereocenters. The quantitative estimate of drug-likeness (QED) is 0.301. The molecular weight excluding hydrogens is 489 g/mol. The van der Waals surface area contributed by atoms with Crippen molar-refractivity contribution in [2.45, 2.75) is 13.5 Å². The maximum atomic E-state index is 14.2. The monoisotopic (exact) mass is 515 g/mol. The highest BCUT2D eigenvalue weighted by atomic mass is 19.1. The topological polar surface area (TPSA) is 130 Å². The fourth-order valence-corrected chi connectivity index (χ4v) is 3.97. The summed E-state index contributed by atoms with van der Waals surface area (Å²) < 4.78 is 19.5. The van der Waals surface area contributed by atoms with Crippen LogP contribution in [-0.2, 0) is 11.3 Å². The number of aryl methyl sites for hydroxylation is 1. The molecule has 1 saturated heterocycles. The molecule has 4 aromatic rings. The number of hydrogen-bond acceptors (Lipinski definition) is 10. The van der Waals surface area contributed by atoms with Crippen molar-refractivity contribution >= 4 is 23.4 Å². The van der Waals surface area contributed by atoms with Gasteiger partial charge in [-0.15, -0.1) is 0 Å². The molecule has 0 spiro atoms. The molecule has 1 aliphatic heterocycles. The predicted molar refractivity (Wildman–Crippen MR) is 140 cm³/mol. The van der Waals surface area contributed by atoms with Crippen molar-refractivity contribution in [2.75, 3.05) is 41.9 Å². The van der Waals surface area contributed by atoms with Crippen molar-refractivity contribution in [1.82, 2.24) is 30.3 Å². The Hall–Kier alpha value is -4.71. The molecule has 0 aliphatic carbocycles. The fraction of sp³-hybridized carbons (Fsp3) is 0.231. The number of halogens is 1. The lowest BCUT2D eigenvalue weighted by molar-refractivity contribution is 0.0957. The van der Waals surface area contributed by atoms with Crippen LogP contribution in [0.3, 0.4) is 0 Å². The number of aromatic nitrogens is 5. The third-order valence-corrected chi connectivity index (χ3v) is 5.96. The van der Waals surface area contributed by atoms with Crippen molar-refractivity contribution in [2.24, 2.45) is 0 Å². The highest BCUT2D eigenvalue weighted by Crippen LogP contribution is 2.24. The zero-order valence-corrected chi connectivity index (χ0v) is 20.7. The van der Waals surface area contributed by atoms with E-state index < -0.39 is 11.7 Å². The molecule has 3 aromatic heterocycles. The summed E-state index contributed by atoms with van der Waals surface area (Å²) in [7, 11) is 0. The van der Waals surface area contributed by atoms with E-state index in [9.17, 15) is 9.18 Å². The second kappa shape index (κ2) is 11.6. The second-order valence-electron chi connectivity index (χ2n) is 8.57. The normalized spacial score (nSPS) is 13.2. The van der Waals surface area contributed by atoms with Gasteiger partial charge in [0.1, 0.15) is 12.0 Å². The predicted octanol–water partition coefficient (Wildman–Crippen LogP) is 2.98. The van der Waals surface area contributed by atoms with Gasteiger partial charge in [0.15, 0.2) is 11.6 Å². The highest BCUT2D eigenvalue weighted by molar-refractivity contribution is 5.92. The van der Waals surface area contributed by atoms with E-state index in [1.807, 2.05) is 31.2 Å². The highest BCUT2D eigenvalue weighted by Gasteiger charge is 2.18. The van der Waals surface area contributed by atoms with Gasteiger partial charge < -0.3 is 15.0 Å². The molecule has 3 N–H and O–H groups in total. The van der Waals surface area contributed by atoms with Gasteiger partial charge in [0.05, 0.1) is 25.1 Å². The smallest absolute Gasteiger partial charge is 0.288 e. The summed E-state index contributed by atoms with van der Waals surface area (Å²) in [5, 5.41) is 3.37. The van der Waals surface area contributed by atoms with Gasteiger partial charge in [-0.05, 0) is 42.3 Å². The molecule has 1 amide bonds. The Morgan fingerprint density at radius 1 is 1.08 bits per heavy atom. The lowest BCUT2D eigenvalue weighted by Crippen LogP contribution is -2.38. The summed E-state index contributed by atoms with van der Waals surface area (Å²) in [5.41, 5.74) is 10.2. The van der Waals surface area contributed by atoms with E-state index in [0.29, 0.717) is 32.8 Å². The van der Waals surface area contributed by atoms with Crippen LogP contribution in [0, 0.1) is 12.7 Å². The van der Waals surface area contributed by atoms with Crippen molar-refractivity contribution < 1.29 is 13.9 Å². The van der Waals surface area contributed by atoms with Crippen LogP contribution in [-0.4, -0.2) is 57.1 Å². The number of nitrogens with zero attached hydrogens (tertiary/aromatic N) is 6. The van der Waals surface area contributed by atoms with E-state index in [-0.39, 0.29) is 17.5 Å². The summed E-state index contributed by atoms with van der Waals surface area (Å²) in [6, 6.07) is 11.4. The molecule has 5 rings (SSSR count). The number of hydrogen-bond donors (Lipinski definition) is 3. The van der Waals surface area contributed by atoms with Crippen LogP contribution < -0.4 is 21.1 Å². The first-order valence-electron chi connectivity index (χ1n) is 12.0. The minimum Gasteiger partial charge on any atom is -0.381 e. The lowest BCUT2D eigenvalue weighted by atomic mass is 10.0. The average molecular weight is 516 g/mol. The fourth-order valence-electron chi connectivity index (χ4n) is 3.97. The van der Waals surface area contributed by atoms with Crippen molar-refractivity contribution in [1.29, 1.82) is 0 Å².